The molecule has 0 aliphatic carbocycles. The lowest BCUT2D eigenvalue weighted by atomic mass is 10.1. The molecule has 0 heterocycles. The second kappa shape index (κ2) is 13.6. The van der Waals surface area contributed by atoms with Crippen molar-refractivity contribution in [2.45, 2.75) is 20.1 Å². The van der Waals surface area contributed by atoms with Crippen molar-refractivity contribution in [2.24, 2.45) is 0 Å². The molecule has 9 heteroatoms. The second-order valence-corrected chi connectivity index (χ2v) is 8.93. The highest BCUT2D eigenvalue weighted by atomic mass is 79.9. The van der Waals surface area contributed by atoms with Gasteiger partial charge in [0.1, 0.15) is 29.7 Å². The van der Waals surface area contributed by atoms with E-state index in [0.717, 1.165) is 11.1 Å². The summed E-state index contributed by atoms with van der Waals surface area (Å²) in [5.41, 5.74) is 2.10. The number of rotatable bonds is 11. The third kappa shape index (κ3) is 7.42. The van der Waals surface area contributed by atoms with E-state index >= 15 is 0 Å². The van der Waals surface area contributed by atoms with Crippen molar-refractivity contribution in [3.63, 3.8) is 0 Å². The van der Waals surface area contributed by atoms with Crippen LogP contribution < -0.4 is 24.3 Å². The summed E-state index contributed by atoms with van der Waals surface area (Å²) in [5, 5.41) is 13.0. The van der Waals surface area contributed by atoms with Gasteiger partial charge in [0.05, 0.1) is 20.8 Å². The average Bonchev–Trinajstić information content (AvgIpc) is 2.91. The monoisotopic (exact) mass is 584 g/mol. The summed E-state index contributed by atoms with van der Waals surface area (Å²) in [6.45, 7) is 2.69. The molecule has 0 unspecified atom stereocenters. The first-order valence-corrected chi connectivity index (χ1v) is 12.5. The van der Waals surface area contributed by atoms with E-state index in [1.807, 2.05) is 31.2 Å². The average molecular weight is 586 g/mol. The lowest BCUT2D eigenvalue weighted by molar-refractivity contribution is -0.117. The minimum Gasteiger partial charge on any atom is -0.497 e. The maximum absolute atomic E-state index is 12.8. The highest BCUT2D eigenvalue weighted by Gasteiger charge is 2.15. The Morgan fingerprint density at radius 3 is 2.46 bits per heavy atom. The molecule has 3 aromatic carbocycles. The Bertz CT molecular complexity index is 1340. The van der Waals surface area contributed by atoms with Crippen LogP contribution in [-0.4, -0.2) is 26.7 Å². The Morgan fingerprint density at radius 2 is 1.78 bits per heavy atom. The molecule has 192 valence electrons. The molecule has 1 amide bonds. The number of hydrogen-bond donors (Lipinski definition) is 1. The van der Waals surface area contributed by atoms with E-state index in [4.69, 9.17) is 30.5 Å². The third-order valence-corrected chi connectivity index (χ3v) is 6.36. The van der Waals surface area contributed by atoms with E-state index in [1.54, 1.807) is 43.5 Å². The van der Waals surface area contributed by atoms with Crippen LogP contribution in [0, 0.1) is 11.3 Å². The molecule has 0 aliphatic rings. The number of carbonyl (C=O) groups is 1. The standard InChI is InChI=1S/C28H26BrClN2O5/c1-4-36-26-12-20(23(29)14-27(26)37-17-19-7-5-6-8-24(19)30)11-21(15-31)28(33)32-16-18-9-10-22(34-2)13-25(18)35-3/h5-14H,4,16-17H2,1-3H3,(H,32,33)/b21-11+. The molecule has 0 fully saturated rings. The van der Waals surface area contributed by atoms with Crippen LogP contribution in [0.2, 0.25) is 5.02 Å². The minimum atomic E-state index is -0.524. The highest BCUT2D eigenvalue weighted by molar-refractivity contribution is 9.10. The van der Waals surface area contributed by atoms with Crippen molar-refractivity contribution < 1.29 is 23.7 Å². The lowest BCUT2D eigenvalue weighted by Crippen LogP contribution is -2.24. The summed E-state index contributed by atoms with van der Waals surface area (Å²) in [7, 11) is 3.10. The number of benzene rings is 3. The fraction of sp³-hybridized carbons (Fsp3) is 0.214. The minimum absolute atomic E-state index is 0.0691. The summed E-state index contributed by atoms with van der Waals surface area (Å²) in [6.07, 6.45) is 1.49. The van der Waals surface area contributed by atoms with Gasteiger partial charge >= 0.3 is 0 Å². The van der Waals surface area contributed by atoms with Gasteiger partial charge < -0.3 is 24.3 Å². The smallest absolute Gasteiger partial charge is 0.262 e. The molecule has 0 aliphatic heterocycles. The predicted octanol–water partition coefficient (Wildman–Crippen LogP) is 6.32. The zero-order valence-corrected chi connectivity index (χ0v) is 23.0. The van der Waals surface area contributed by atoms with Gasteiger partial charge in [0.15, 0.2) is 11.5 Å². The van der Waals surface area contributed by atoms with Crippen LogP contribution in [0.15, 0.2) is 64.6 Å². The number of nitrogens with zero attached hydrogens (tertiary/aromatic N) is 1. The second-order valence-electron chi connectivity index (χ2n) is 7.66. The maximum atomic E-state index is 12.8. The van der Waals surface area contributed by atoms with E-state index in [0.29, 0.717) is 44.7 Å². The van der Waals surface area contributed by atoms with E-state index < -0.39 is 5.91 Å². The van der Waals surface area contributed by atoms with Crippen LogP contribution >= 0.6 is 27.5 Å². The Hall–Kier alpha value is -3.67. The van der Waals surface area contributed by atoms with E-state index in [-0.39, 0.29) is 18.7 Å². The van der Waals surface area contributed by atoms with Crippen molar-refractivity contribution in [3.05, 3.63) is 86.4 Å². The molecule has 7 nitrogen and oxygen atoms in total. The number of halogens is 2. The Kier molecular flexibility index (Phi) is 10.2. The molecule has 0 spiro atoms. The number of amides is 1. The summed E-state index contributed by atoms with van der Waals surface area (Å²) < 4.78 is 22.9. The predicted molar refractivity (Wildman–Crippen MR) is 146 cm³/mol. The fourth-order valence-corrected chi connectivity index (χ4v) is 4.01. The van der Waals surface area contributed by atoms with Gasteiger partial charge in [-0.15, -0.1) is 0 Å². The number of nitriles is 1. The molecule has 37 heavy (non-hydrogen) atoms. The lowest BCUT2D eigenvalue weighted by Gasteiger charge is -2.15. The maximum Gasteiger partial charge on any atom is 0.262 e. The number of methoxy groups -OCH3 is 2. The first-order valence-electron chi connectivity index (χ1n) is 11.3. The number of carbonyl (C=O) groups excluding carboxylic acids is 1. The van der Waals surface area contributed by atoms with Gasteiger partial charge in [-0.05, 0) is 48.9 Å². The van der Waals surface area contributed by atoms with Crippen LogP contribution in [0.25, 0.3) is 6.08 Å². The van der Waals surface area contributed by atoms with E-state index in [9.17, 15) is 10.1 Å². The molecule has 0 saturated heterocycles. The Balaban J connectivity index is 1.80. The number of nitrogens with one attached hydrogen (secondary N) is 1. The first kappa shape index (κ1) is 27.9. The summed E-state index contributed by atoms with van der Waals surface area (Å²) in [5.74, 6) is 1.66. The molecule has 0 aromatic heterocycles. The molecular formula is C28H26BrClN2O5. The first-order chi connectivity index (χ1) is 17.9. The van der Waals surface area contributed by atoms with Crippen molar-refractivity contribution in [1.82, 2.24) is 5.32 Å². The van der Waals surface area contributed by atoms with Gasteiger partial charge in [-0.25, -0.2) is 0 Å². The van der Waals surface area contributed by atoms with Gasteiger partial charge in [-0.2, -0.15) is 5.26 Å². The number of hydrogen-bond acceptors (Lipinski definition) is 6. The van der Waals surface area contributed by atoms with E-state index in [1.165, 1.54) is 13.2 Å². The quantitative estimate of drug-likeness (QED) is 0.209. The molecule has 1 N–H and O–H groups in total. The van der Waals surface area contributed by atoms with Crippen molar-refractivity contribution in [3.8, 4) is 29.1 Å². The topological polar surface area (TPSA) is 89.8 Å². The fourth-order valence-electron chi connectivity index (χ4n) is 3.39. The molecule has 0 radical (unpaired) electrons. The van der Waals surface area contributed by atoms with Crippen molar-refractivity contribution >= 4 is 39.5 Å². The summed E-state index contributed by atoms with van der Waals surface area (Å²) in [4.78, 5) is 12.8. The van der Waals surface area contributed by atoms with Crippen molar-refractivity contribution in [2.75, 3.05) is 20.8 Å². The molecule has 3 rings (SSSR count). The van der Waals surface area contributed by atoms with Gasteiger partial charge in [0.2, 0.25) is 0 Å². The molecule has 0 saturated carbocycles. The Morgan fingerprint density at radius 1 is 1.03 bits per heavy atom. The van der Waals surface area contributed by atoms with Crippen LogP contribution in [0.3, 0.4) is 0 Å². The van der Waals surface area contributed by atoms with Crippen LogP contribution in [0.4, 0.5) is 0 Å². The van der Waals surface area contributed by atoms with Gasteiger partial charge in [-0.1, -0.05) is 45.7 Å². The Labute approximate surface area is 229 Å². The molecule has 0 atom stereocenters. The van der Waals surface area contributed by atoms with Gasteiger partial charge in [-0.3, -0.25) is 4.79 Å². The summed E-state index contributed by atoms with van der Waals surface area (Å²) in [6, 6.07) is 18.1. The summed E-state index contributed by atoms with van der Waals surface area (Å²) >= 11 is 9.75. The van der Waals surface area contributed by atoms with Crippen LogP contribution in [-0.2, 0) is 17.9 Å². The molecular weight excluding hydrogens is 560 g/mol. The zero-order chi connectivity index (χ0) is 26.8. The highest BCUT2D eigenvalue weighted by Crippen LogP contribution is 2.36. The van der Waals surface area contributed by atoms with Crippen LogP contribution in [0.1, 0.15) is 23.6 Å². The SMILES string of the molecule is CCOc1cc(/C=C(\C#N)C(=O)NCc2ccc(OC)cc2OC)c(Br)cc1OCc1ccccc1Cl. The largest absolute Gasteiger partial charge is 0.497 e. The molecule has 0 bridgehead atoms. The number of ether oxygens (including phenoxy) is 4. The zero-order valence-electron chi connectivity index (χ0n) is 20.6. The normalized spacial score (nSPS) is 10.9. The van der Waals surface area contributed by atoms with Gasteiger partial charge in [0, 0.05) is 33.2 Å². The molecule has 3 aromatic rings. The third-order valence-electron chi connectivity index (χ3n) is 5.30. The van der Waals surface area contributed by atoms with Crippen LogP contribution in [0.5, 0.6) is 23.0 Å². The van der Waals surface area contributed by atoms with Gasteiger partial charge in [0.25, 0.3) is 5.91 Å². The van der Waals surface area contributed by atoms with Crippen molar-refractivity contribution in [1.29, 1.82) is 5.26 Å². The van der Waals surface area contributed by atoms with E-state index in [2.05, 4.69) is 21.2 Å².